The van der Waals surface area contributed by atoms with Gasteiger partial charge in [-0.2, -0.15) is 0 Å². The molecule has 0 aromatic heterocycles. The van der Waals surface area contributed by atoms with Crippen LogP contribution in [0.3, 0.4) is 0 Å². The summed E-state index contributed by atoms with van der Waals surface area (Å²) in [4.78, 5) is 28.1. The maximum atomic E-state index is 13.6. The first-order valence-corrected chi connectivity index (χ1v) is 14.1. The lowest BCUT2D eigenvalue weighted by atomic mass is 10.1. The Labute approximate surface area is 211 Å². The van der Waals surface area contributed by atoms with Crippen LogP contribution in [0.15, 0.2) is 53.0 Å². The van der Waals surface area contributed by atoms with E-state index in [4.69, 9.17) is 0 Å². The summed E-state index contributed by atoms with van der Waals surface area (Å²) in [5, 5.41) is 2.92. The number of benzene rings is 2. The molecule has 2 aromatic carbocycles. The fourth-order valence-corrected chi connectivity index (χ4v) is 4.79. The predicted octanol–water partition coefficient (Wildman–Crippen LogP) is 4.25. The van der Waals surface area contributed by atoms with E-state index in [9.17, 15) is 18.0 Å². The molecule has 186 valence electrons. The Kier molecular flexibility index (Phi) is 10.6. The third kappa shape index (κ3) is 8.13. The molecular weight excluding hydrogens is 518 g/mol. The van der Waals surface area contributed by atoms with Gasteiger partial charge in [-0.3, -0.25) is 13.9 Å². The fraction of sp³-hybridized carbons (Fsp3) is 0.440. The molecule has 2 amide bonds. The number of amides is 2. The normalized spacial score (nSPS) is 12.1. The summed E-state index contributed by atoms with van der Waals surface area (Å²) in [6, 6.07) is 13.8. The van der Waals surface area contributed by atoms with Crippen LogP contribution in [0.4, 0.5) is 5.69 Å². The van der Waals surface area contributed by atoms with Crippen LogP contribution in [-0.4, -0.2) is 50.5 Å². The Bertz CT molecular complexity index is 1070. The number of nitrogens with one attached hydrogen (secondary N) is 1. The van der Waals surface area contributed by atoms with Gasteiger partial charge in [0.05, 0.1) is 11.9 Å². The molecule has 9 heteroatoms. The van der Waals surface area contributed by atoms with E-state index in [1.54, 1.807) is 24.3 Å². The molecule has 1 unspecified atom stereocenters. The van der Waals surface area contributed by atoms with E-state index in [0.717, 1.165) is 34.5 Å². The molecular formula is C25H34BrN3O4S. The molecule has 0 bridgehead atoms. The van der Waals surface area contributed by atoms with Crippen molar-refractivity contribution in [3.05, 3.63) is 64.1 Å². The molecule has 0 spiro atoms. The number of carbonyl (C=O) groups is 2. The zero-order valence-corrected chi connectivity index (χ0v) is 22.7. The zero-order valence-electron chi connectivity index (χ0n) is 20.3. The van der Waals surface area contributed by atoms with Gasteiger partial charge in [0, 0.05) is 17.6 Å². The van der Waals surface area contributed by atoms with E-state index in [2.05, 4.69) is 21.2 Å². The van der Waals surface area contributed by atoms with Gasteiger partial charge in [-0.25, -0.2) is 8.42 Å². The monoisotopic (exact) mass is 551 g/mol. The summed E-state index contributed by atoms with van der Waals surface area (Å²) in [5.74, 6) is -0.673. The number of aryl methyl sites for hydroxylation is 1. The van der Waals surface area contributed by atoms with Crippen molar-refractivity contribution in [1.82, 2.24) is 10.2 Å². The van der Waals surface area contributed by atoms with Gasteiger partial charge in [0.2, 0.25) is 21.8 Å². The van der Waals surface area contributed by atoms with Crippen molar-refractivity contribution in [3.63, 3.8) is 0 Å². The van der Waals surface area contributed by atoms with Crippen molar-refractivity contribution in [2.45, 2.75) is 52.6 Å². The van der Waals surface area contributed by atoms with E-state index in [1.807, 2.05) is 45.0 Å². The molecule has 7 nitrogen and oxygen atoms in total. The first-order chi connectivity index (χ1) is 16.1. The number of sulfonamides is 1. The SMILES string of the molecule is CCCCNC(=O)C(CC)N(Cc1ccc(C)cc1)C(=O)CN(c1cccc(Br)c1)S(C)(=O)=O. The van der Waals surface area contributed by atoms with Crippen LogP contribution in [-0.2, 0) is 26.2 Å². The molecule has 2 rings (SSSR count). The minimum absolute atomic E-state index is 0.203. The summed E-state index contributed by atoms with van der Waals surface area (Å²) in [7, 11) is -3.75. The summed E-state index contributed by atoms with van der Waals surface area (Å²) < 4.78 is 27.0. The smallest absolute Gasteiger partial charge is 0.244 e. The molecule has 0 heterocycles. The molecule has 0 radical (unpaired) electrons. The number of carbonyl (C=O) groups excluding carboxylic acids is 2. The molecule has 2 aromatic rings. The van der Waals surface area contributed by atoms with Gasteiger partial charge in [0.1, 0.15) is 12.6 Å². The molecule has 0 saturated carbocycles. The second-order valence-corrected chi connectivity index (χ2v) is 11.1. The summed E-state index contributed by atoms with van der Waals surface area (Å²) in [6.07, 6.45) is 3.27. The lowest BCUT2D eigenvalue weighted by Gasteiger charge is -2.33. The van der Waals surface area contributed by atoms with Gasteiger partial charge < -0.3 is 10.2 Å². The van der Waals surface area contributed by atoms with Gasteiger partial charge in [0.25, 0.3) is 0 Å². The first-order valence-electron chi connectivity index (χ1n) is 11.4. The maximum Gasteiger partial charge on any atom is 0.244 e. The standard InChI is InChI=1S/C25H34BrN3O4S/c1-5-7-15-27-25(31)23(6-2)28(17-20-13-11-19(3)12-14-20)24(30)18-29(34(4,32)33)22-10-8-9-21(26)16-22/h8-14,16,23H,5-7,15,17-18H2,1-4H3,(H,27,31). The Morgan fingerprint density at radius 2 is 1.76 bits per heavy atom. The van der Waals surface area contributed by atoms with Crippen molar-refractivity contribution in [2.24, 2.45) is 0 Å². The second kappa shape index (κ2) is 12.9. The Morgan fingerprint density at radius 3 is 2.32 bits per heavy atom. The number of unbranched alkanes of at least 4 members (excludes halogenated alkanes) is 1. The van der Waals surface area contributed by atoms with Gasteiger partial charge >= 0.3 is 0 Å². The average molecular weight is 553 g/mol. The average Bonchev–Trinajstić information content (AvgIpc) is 2.78. The van der Waals surface area contributed by atoms with Crippen LogP contribution in [0.5, 0.6) is 0 Å². The van der Waals surface area contributed by atoms with Crippen molar-refractivity contribution in [2.75, 3.05) is 23.7 Å². The van der Waals surface area contributed by atoms with Crippen LogP contribution in [0.25, 0.3) is 0 Å². The number of rotatable bonds is 12. The maximum absolute atomic E-state index is 13.6. The van der Waals surface area contributed by atoms with Crippen LogP contribution in [0, 0.1) is 6.92 Å². The van der Waals surface area contributed by atoms with Gasteiger partial charge in [-0.05, 0) is 43.5 Å². The minimum Gasteiger partial charge on any atom is -0.354 e. The van der Waals surface area contributed by atoms with Crippen LogP contribution in [0.1, 0.15) is 44.2 Å². The third-order valence-electron chi connectivity index (χ3n) is 5.46. The van der Waals surface area contributed by atoms with E-state index in [1.165, 1.54) is 4.90 Å². The van der Waals surface area contributed by atoms with E-state index in [-0.39, 0.29) is 12.5 Å². The number of halogens is 1. The van der Waals surface area contributed by atoms with Crippen molar-refractivity contribution < 1.29 is 18.0 Å². The summed E-state index contributed by atoms with van der Waals surface area (Å²) in [5.41, 5.74) is 2.33. The highest BCUT2D eigenvalue weighted by Crippen LogP contribution is 2.23. The molecule has 0 fully saturated rings. The number of anilines is 1. The van der Waals surface area contributed by atoms with Crippen LogP contribution in [0.2, 0.25) is 0 Å². The molecule has 0 aliphatic rings. The van der Waals surface area contributed by atoms with E-state index < -0.39 is 28.5 Å². The Balaban J connectivity index is 2.39. The highest BCUT2D eigenvalue weighted by atomic mass is 79.9. The van der Waals surface area contributed by atoms with Gasteiger partial charge in [-0.1, -0.05) is 72.1 Å². The van der Waals surface area contributed by atoms with Crippen molar-refractivity contribution in [3.8, 4) is 0 Å². The number of hydrogen-bond donors (Lipinski definition) is 1. The van der Waals surface area contributed by atoms with Gasteiger partial charge in [0.15, 0.2) is 0 Å². The number of nitrogens with zero attached hydrogens (tertiary/aromatic N) is 2. The predicted molar refractivity (Wildman–Crippen MR) is 140 cm³/mol. The largest absolute Gasteiger partial charge is 0.354 e. The highest BCUT2D eigenvalue weighted by molar-refractivity contribution is 9.10. The lowest BCUT2D eigenvalue weighted by molar-refractivity contribution is -0.140. The molecule has 0 aliphatic heterocycles. The second-order valence-electron chi connectivity index (χ2n) is 8.33. The van der Waals surface area contributed by atoms with E-state index >= 15 is 0 Å². The lowest BCUT2D eigenvalue weighted by Crippen LogP contribution is -2.52. The van der Waals surface area contributed by atoms with Crippen molar-refractivity contribution >= 4 is 43.5 Å². The highest BCUT2D eigenvalue weighted by Gasteiger charge is 2.31. The summed E-state index contributed by atoms with van der Waals surface area (Å²) in [6.45, 7) is 6.20. The van der Waals surface area contributed by atoms with E-state index in [0.29, 0.717) is 23.1 Å². The van der Waals surface area contributed by atoms with Crippen LogP contribution < -0.4 is 9.62 Å². The Hall–Kier alpha value is -2.39. The topological polar surface area (TPSA) is 86.8 Å². The quantitative estimate of drug-likeness (QED) is 0.399. The fourth-order valence-electron chi connectivity index (χ4n) is 3.56. The third-order valence-corrected chi connectivity index (χ3v) is 7.10. The Morgan fingerprint density at radius 1 is 1.09 bits per heavy atom. The van der Waals surface area contributed by atoms with Crippen molar-refractivity contribution in [1.29, 1.82) is 0 Å². The molecule has 0 aliphatic carbocycles. The molecule has 0 saturated heterocycles. The zero-order chi connectivity index (χ0) is 25.3. The first kappa shape index (κ1) is 27.9. The molecule has 1 atom stereocenters. The minimum atomic E-state index is -3.75. The van der Waals surface area contributed by atoms with Gasteiger partial charge in [-0.15, -0.1) is 0 Å². The molecule has 1 N–H and O–H groups in total. The molecule has 34 heavy (non-hydrogen) atoms. The number of hydrogen-bond acceptors (Lipinski definition) is 4. The summed E-state index contributed by atoms with van der Waals surface area (Å²) >= 11 is 3.36. The van der Waals surface area contributed by atoms with Crippen LogP contribution >= 0.6 is 15.9 Å².